The number of hydrogen-bond acceptors (Lipinski definition) is 4. The Hall–Kier alpha value is -0.650. The second-order valence-corrected chi connectivity index (χ2v) is 5.61. The number of nitrogens with one attached hydrogen (secondary N) is 1. The molecule has 1 amide bonds. The van der Waals surface area contributed by atoms with E-state index in [4.69, 9.17) is 15.6 Å². The van der Waals surface area contributed by atoms with Gasteiger partial charge in [0.15, 0.2) is 0 Å². The first kappa shape index (κ1) is 12.8. The molecule has 2 rings (SSSR count). The lowest BCUT2D eigenvalue weighted by atomic mass is 9.48. The first-order valence-electron chi connectivity index (χ1n) is 6.26. The maximum Gasteiger partial charge on any atom is 0.241 e. The number of aliphatic hydroxyl groups is 1. The number of nitrogens with two attached hydrogens (primary N) is 1. The Morgan fingerprint density at radius 3 is 2.94 bits per heavy atom. The molecule has 5 nitrogen and oxygen atoms in total. The Labute approximate surface area is 102 Å². The van der Waals surface area contributed by atoms with Gasteiger partial charge in [0.25, 0.3) is 0 Å². The van der Waals surface area contributed by atoms with Crippen molar-refractivity contribution in [3.8, 4) is 0 Å². The standard InChI is InChI=1S/C12H22N2O3/c1-11(2)9-8(4-7-17-9)12(11,13)10(16)14-5-3-6-15/h8-9,15H,3-7,13H2,1-2H3,(H,14,16). The summed E-state index contributed by atoms with van der Waals surface area (Å²) in [5, 5.41) is 11.5. The fourth-order valence-corrected chi connectivity index (χ4v) is 3.27. The number of amides is 1. The summed E-state index contributed by atoms with van der Waals surface area (Å²) < 4.78 is 5.64. The van der Waals surface area contributed by atoms with Gasteiger partial charge in [0.2, 0.25) is 5.91 Å². The van der Waals surface area contributed by atoms with Crippen LogP contribution in [-0.4, -0.2) is 42.4 Å². The van der Waals surface area contributed by atoms with Crippen LogP contribution in [0.1, 0.15) is 26.7 Å². The van der Waals surface area contributed by atoms with Crippen molar-refractivity contribution in [2.24, 2.45) is 17.1 Å². The molecule has 0 aromatic heterocycles. The van der Waals surface area contributed by atoms with Crippen molar-refractivity contribution in [1.29, 1.82) is 0 Å². The molecule has 1 heterocycles. The van der Waals surface area contributed by atoms with Crippen molar-refractivity contribution >= 4 is 5.91 Å². The molecule has 0 bridgehead atoms. The van der Waals surface area contributed by atoms with Crippen molar-refractivity contribution < 1.29 is 14.6 Å². The summed E-state index contributed by atoms with van der Waals surface area (Å²) in [7, 11) is 0. The number of fused-ring (bicyclic) bond motifs is 1. The SMILES string of the molecule is CC1(C)C2OCCC2C1(N)C(=O)NCCCO. The summed E-state index contributed by atoms with van der Waals surface area (Å²) in [5.74, 6) is 0.0225. The van der Waals surface area contributed by atoms with E-state index in [1.54, 1.807) is 0 Å². The highest BCUT2D eigenvalue weighted by atomic mass is 16.5. The van der Waals surface area contributed by atoms with Gasteiger partial charge < -0.3 is 20.9 Å². The van der Waals surface area contributed by atoms with Crippen LogP contribution in [0.3, 0.4) is 0 Å². The minimum absolute atomic E-state index is 0.0798. The second-order valence-electron chi connectivity index (χ2n) is 5.61. The smallest absolute Gasteiger partial charge is 0.241 e. The Bertz CT molecular complexity index is 319. The van der Waals surface area contributed by atoms with E-state index < -0.39 is 5.54 Å². The summed E-state index contributed by atoms with van der Waals surface area (Å²) >= 11 is 0. The van der Waals surface area contributed by atoms with Crippen LogP contribution in [0.2, 0.25) is 0 Å². The fourth-order valence-electron chi connectivity index (χ4n) is 3.27. The van der Waals surface area contributed by atoms with E-state index in [0.29, 0.717) is 19.6 Å². The summed E-state index contributed by atoms with van der Waals surface area (Å²) in [5.41, 5.74) is 5.19. The van der Waals surface area contributed by atoms with Crippen molar-refractivity contribution in [3.05, 3.63) is 0 Å². The van der Waals surface area contributed by atoms with Crippen LogP contribution in [0.25, 0.3) is 0 Å². The van der Waals surface area contributed by atoms with Gasteiger partial charge in [0.1, 0.15) is 5.54 Å². The molecule has 0 aromatic rings. The van der Waals surface area contributed by atoms with Crippen molar-refractivity contribution in [1.82, 2.24) is 5.32 Å². The molecule has 1 saturated heterocycles. The zero-order valence-electron chi connectivity index (χ0n) is 10.5. The van der Waals surface area contributed by atoms with Crippen LogP contribution in [0.4, 0.5) is 0 Å². The first-order valence-corrected chi connectivity index (χ1v) is 6.26. The number of rotatable bonds is 4. The van der Waals surface area contributed by atoms with E-state index in [-0.39, 0.29) is 30.0 Å². The third-order valence-corrected chi connectivity index (χ3v) is 4.45. The maximum atomic E-state index is 12.2. The molecular weight excluding hydrogens is 220 g/mol. The van der Waals surface area contributed by atoms with Crippen LogP contribution in [0.5, 0.6) is 0 Å². The predicted octanol–water partition coefficient (Wildman–Crippen LogP) is -0.373. The van der Waals surface area contributed by atoms with E-state index >= 15 is 0 Å². The molecule has 0 spiro atoms. The van der Waals surface area contributed by atoms with Crippen LogP contribution < -0.4 is 11.1 Å². The third-order valence-electron chi connectivity index (χ3n) is 4.45. The number of carbonyl (C=O) groups excluding carboxylic acids is 1. The van der Waals surface area contributed by atoms with E-state index in [1.165, 1.54) is 0 Å². The quantitative estimate of drug-likeness (QED) is 0.587. The van der Waals surface area contributed by atoms with E-state index in [9.17, 15) is 4.79 Å². The molecule has 17 heavy (non-hydrogen) atoms. The van der Waals surface area contributed by atoms with E-state index in [2.05, 4.69) is 5.32 Å². The van der Waals surface area contributed by atoms with Gasteiger partial charge in [-0.15, -0.1) is 0 Å². The summed E-state index contributed by atoms with van der Waals surface area (Å²) in [6, 6.07) is 0. The average Bonchev–Trinajstić information content (AvgIpc) is 2.75. The number of aliphatic hydroxyl groups excluding tert-OH is 1. The Balaban J connectivity index is 2.05. The van der Waals surface area contributed by atoms with E-state index in [0.717, 1.165) is 6.42 Å². The highest BCUT2D eigenvalue weighted by Crippen LogP contribution is 2.58. The normalized spacial score (nSPS) is 38.4. The van der Waals surface area contributed by atoms with Gasteiger partial charge in [0.05, 0.1) is 6.10 Å². The molecule has 4 N–H and O–H groups in total. The molecule has 1 saturated carbocycles. The van der Waals surface area contributed by atoms with Gasteiger partial charge in [-0.25, -0.2) is 0 Å². The number of carbonyl (C=O) groups is 1. The molecule has 1 aliphatic carbocycles. The highest BCUT2D eigenvalue weighted by molar-refractivity contribution is 5.89. The van der Waals surface area contributed by atoms with Crippen LogP contribution in [-0.2, 0) is 9.53 Å². The Morgan fingerprint density at radius 1 is 1.59 bits per heavy atom. The highest BCUT2D eigenvalue weighted by Gasteiger charge is 2.71. The number of hydrogen-bond donors (Lipinski definition) is 3. The molecule has 2 fully saturated rings. The second kappa shape index (κ2) is 4.23. The zero-order chi connectivity index (χ0) is 12.7. The van der Waals surface area contributed by atoms with Crippen LogP contribution in [0, 0.1) is 11.3 Å². The lowest BCUT2D eigenvalue weighted by Gasteiger charge is -2.60. The molecule has 0 radical (unpaired) electrons. The zero-order valence-corrected chi connectivity index (χ0v) is 10.5. The third kappa shape index (κ3) is 1.60. The van der Waals surface area contributed by atoms with Crippen molar-refractivity contribution in [2.75, 3.05) is 19.8 Å². The Morgan fingerprint density at radius 2 is 2.29 bits per heavy atom. The van der Waals surface area contributed by atoms with Gasteiger partial charge in [-0.3, -0.25) is 4.79 Å². The molecule has 98 valence electrons. The molecule has 3 unspecified atom stereocenters. The molecule has 2 aliphatic rings. The number of ether oxygens (including phenoxy) is 1. The maximum absolute atomic E-state index is 12.2. The average molecular weight is 242 g/mol. The van der Waals surface area contributed by atoms with Gasteiger partial charge >= 0.3 is 0 Å². The first-order chi connectivity index (χ1) is 7.96. The van der Waals surface area contributed by atoms with Gasteiger partial charge in [0, 0.05) is 31.1 Å². The molecule has 0 aromatic carbocycles. The van der Waals surface area contributed by atoms with Gasteiger partial charge in [-0.1, -0.05) is 13.8 Å². The predicted molar refractivity (Wildman–Crippen MR) is 63.3 cm³/mol. The molecule has 1 aliphatic heterocycles. The van der Waals surface area contributed by atoms with Gasteiger partial charge in [-0.2, -0.15) is 0 Å². The largest absolute Gasteiger partial charge is 0.396 e. The minimum Gasteiger partial charge on any atom is -0.396 e. The molecular formula is C12H22N2O3. The lowest BCUT2D eigenvalue weighted by molar-refractivity contribution is -0.175. The lowest BCUT2D eigenvalue weighted by Crippen LogP contribution is -2.80. The molecule has 5 heteroatoms. The molecule has 3 atom stereocenters. The van der Waals surface area contributed by atoms with E-state index in [1.807, 2.05) is 13.8 Å². The topological polar surface area (TPSA) is 84.6 Å². The van der Waals surface area contributed by atoms with Crippen LogP contribution in [0.15, 0.2) is 0 Å². The van der Waals surface area contributed by atoms with Crippen LogP contribution >= 0.6 is 0 Å². The summed E-state index contributed by atoms with van der Waals surface area (Å²) in [6.45, 7) is 5.23. The summed E-state index contributed by atoms with van der Waals surface area (Å²) in [6.07, 6.45) is 1.53. The minimum atomic E-state index is -0.830. The fraction of sp³-hybridized carbons (Fsp3) is 0.917. The van der Waals surface area contributed by atoms with Crippen molar-refractivity contribution in [3.63, 3.8) is 0 Å². The van der Waals surface area contributed by atoms with Gasteiger partial charge in [-0.05, 0) is 12.8 Å². The Kier molecular flexibility index (Phi) is 3.18. The summed E-state index contributed by atoms with van der Waals surface area (Å²) in [4.78, 5) is 12.2. The van der Waals surface area contributed by atoms with Crippen molar-refractivity contribution in [2.45, 2.75) is 38.3 Å². The monoisotopic (exact) mass is 242 g/mol.